The van der Waals surface area contributed by atoms with Crippen LogP contribution in [0.3, 0.4) is 0 Å². The van der Waals surface area contributed by atoms with Gasteiger partial charge >= 0.3 is 0 Å². The van der Waals surface area contributed by atoms with Crippen molar-refractivity contribution in [3.8, 4) is 5.75 Å². The monoisotopic (exact) mass is 227 g/mol. The van der Waals surface area contributed by atoms with Gasteiger partial charge in [-0.15, -0.1) is 0 Å². The Bertz CT molecular complexity index is 402. The summed E-state index contributed by atoms with van der Waals surface area (Å²) in [4.78, 5) is 11.6. The molecule has 0 heterocycles. The predicted molar refractivity (Wildman–Crippen MR) is 60.9 cm³/mol. The number of ether oxygens (including phenoxy) is 1. The third-order valence-electron chi connectivity index (χ3n) is 2.25. The average molecular weight is 228 g/mol. The number of hydrogen-bond donors (Lipinski definition) is 1. The number of carbonyl (C=O) groups excluding carboxylic acids is 1. The zero-order chi connectivity index (χ0) is 11.6. The lowest BCUT2D eigenvalue weighted by Crippen LogP contribution is -2.16. The molecule has 15 heavy (non-hydrogen) atoms. The van der Waals surface area contributed by atoms with Gasteiger partial charge in [0.15, 0.2) is 5.78 Å². The van der Waals surface area contributed by atoms with Crippen LogP contribution in [0.15, 0.2) is 6.07 Å². The van der Waals surface area contributed by atoms with Crippen molar-refractivity contribution in [2.75, 3.05) is 13.7 Å². The minimum absolute atomic E-state index is 0.0705. The Morgan fingerprint density at radius 2 is 2.07 bits per heavy atom. The van der Waals surface area contributed by atoms with Crippen molar-refractivity contribution in [2.24, 2.45) is 5.73 Å². The average Bonchev–Trinajstić information content (AvgIpc) is 2.21. The maximum absolute atomic E-state index is 11.6. The number of hydrogen-bond acceptors (Lipinski definition) is 3. The van der Waals surface area contributed by atoms with Gasteiger partial charge in [0.05, 0.1) is 24.2 Å². The number of Topliss-reactive ketones (excluding diaryl/α,β-unsaturated/α-hetero) is 1. The summed E-state index contributed by atoms with van der Waals surface area (Å²) in [6, 6.07) is 1.88. The van der Waals surface area contributed by atoms with E-state index in [4.69, 9.17) is 22.1 Å². The van der Waals surface area contributed by atoms with Crippen LogP contribution in [0.4, 0.5) is 0 Å². The summed E-state index contributed by atoms with van der Waals surface area (Å²) >= 11 is 6.07. The third kappa shape index (κ3) is 2.13. The fourth-order valence-electron chi connectivity index (χ4n) is 1.56. The van der Waals surface area contributed by atoms with Gasteiger partial charge in [-0.2, -0.15) is 0 Å². The van der Waals surface area contributed by atoms with Crippen LogP contribution in [0.5, 0.6) is 5.75 Å². The molecule has 3 nitrogen and oxygen atoms in total. The Morgan fingerprint density at radius 3 is 2.53 bits per heavy atom. The first-order chi connectivity index (χ1) is 7.02. The van der Waals surface area contributed by atoms with Crippen LogP contribution in [-0.2, 0) is 0 Å². The quantitative estimate of drug-likeness (QED) is 0.805. The van der Waals surface area contributed by atoms with E-state index in [9.17, 15) is 4.79 Å². The zero-order valence-electron chi connectivity index (χ0n) is 9.06. The molecule has 2 N–H and O–H groups in total. The Kier molecular flexibility index (Phi) is 3.72. The lowest BCUT2D eigenvalue weighted by molar-refractivity contribution is 0.0998. The van der Waals surface area contributed by atoms with E-state index in [1.807, 2.05) is 19.9 Å². The van der Waals surface area contributed by atoms with Gasteiger partial charge in [-0.05, 0) is 25.0 Å². The van der Waals surface area contributed by atoms with E-state index in [0.29, 0.717) is 16.3 Å². The molecule has 0 aromatic heterocycles. The summed E-state index contributed by atoms with van der Waals surface area (Å²) in [5, 5.41) is 0.424. The standard InChI is InChI=1S/C11H14ClNO2/c1-6-4-7(2)11(15-3)9(10(6)12)8(14)5-13/h4H,5,13H2,1-3H3. The van der Waals surface area contributed by atoms with E-state index in [1.54, 1.807) is 0 Å². The number of halogens is 1. The van der Waals surface area contributed by atoms with Crippen molar-refractivity contribution in [1.82, 2.24) is 0 Å². The van der Waals surface area contributed by atoms with Crippen molar-refractivity contribution in [1.29, 1.82) is 0 Å². The largest absolute Gasteiger partial charge is 0.496 e. The highest BCUT2D eigenvalue weighted by atomic mass is 35.5. The van der Waals surface area contributed by atoms with Gasteiger partial charge in [0.25, 0.3) is 0 Å². The Hall–Kier alpha value is -1.06. The first-order valence-corrected chi connectivity index (χ1v) is 4.97. The van der Waals surface area contributed by atoms with Crippen LogP contribution in [-0.4, -0.2) is 19.4 Å². The Balaban J connectivity index is 3.50. The second-order valence-electron chi connectivity index (χ2n) is 3.36. The SMILES string of the molecule is COc1c(C)cc(C)c(Cl)c1C(=O)CN. The lowest BCUT2D eigenvalue weighted by Gasteiger charge is -2.13. The van der Waals surface area contributed by atoms with E-state index in [0.717, 1.165) is 11.1 Å². The molecule has 0 fully saturated rings. The summed E-state index contributed by atoms with van der Waals surface area (Å²) < 4.78 is 5.17. The molecule has 82 valence electrons. The predicted octanol–water partition coefficient (Wildman–Crippen LogP) is 2.11. The lowest BCUT2D eigenvalue weighted by atomic mass is 10.0. The minimum Gasteiger partial charge on any atom is -0.496 e. The molecule has 1 rings (SSSR count). The number of nitrogens with two attached hydrogens (primary N) is 1. The van der Waals surface area contributed by atoms with Gasteiger partial charge < -0.3 is 10.5 Å². The highest BCUT2D eigenvalue weighted by Gasteiger charge is 2.19. The molecule has 0 saturated heterocycles. The summed E-state index contributed by atoms with van der Waals surface area (Å²) in [5.74, 6) is 0.310. The van der Waals surface area contributed by atoms with Crippen molar-refractivity contribution >= 4 is 17.4 Å². The van der Waals surface area contributed by atoms with Gasteiger partial charge in [-0.3, -0.25) is 4.79 Å². The molecule has 0 saturated carbocycles. The van der Waals surface area contributed by atoms with Gasteiger partial charge in [0.1, 0.15) is 5.75 Å². The summed E-state index contributed by atoms with van der Waals surface area (Å²) in [7, 11) is 1.52. The molecule has 0 atom stereocenters. The van der Waals surface area contributed by atoms with E-state index in [1.165, 1.54) is 7.11 Å². The molecular formula is C11H14ClNO2. The van der Waals surface area contributed by atoms with Crippen LogP contribution in [0.25, 0.3) is 0 Å². The molecule has 0 aliphatic carbocycles. The maximum atomic E-state index is 11.6. The van der Waals surface area contributed by atoms with Crippen molar-refractivity contribution in [3.63, 3.8) is 0 Å². The highest BCUT2D eigenvalue weighted by Crippen LogP contribution is 2.33. The van der Waals surface area contributed by atoms with E-state index >= 15 is 0 Å². The molecule has 1 aromatic carbocycles. The minimum atomic E-state index is -0.205. The fraction of sp³-hybridized carbons (Fsp3) is 0.364. The molecule has 0 amide bonds. The molecule has 0 spiro atoms. The van der Waals surface area contributed by atoms with Gasteiger partial charge in [-0.1, -0.05) is 17.7 Å². The van der Waals surface area contributed by atoms with Crippen LogP contribution < -0.4 is 10.5 Å². The number of methoxy groups -OCH3 is 1. The van der Waals surface area contributed by atoms with Crippen molar-refractivity contribution < 1.29 is 9.53 Å². The summed E-state index contributed by atoms with van der Waals surface area (Å²) in [6.45, 7) is 3.65. The summed E-state index contributed by atoms with van der Waals surface area (Å²) in [5.41, 5.74) is 7.46. The van der Waals surface area contributed by atoms with Gasteiger partial charge in [0.2, 0.25) is 0 Å². The van der Waals surface area contributed by atoms with Crippen LogP contribution >= 0.6 is 11.6 Å². The van der Waals surface area contributed by atoms with Crippen molar-refractivity contribution in [2.45, 2.75) is 13.8 Å². The van der Waals surface area contributed by atoms with Crippen molar-refractivity contribution in [3.05, 3.63) is 27.8 Å². The second-order valence-corrected chi connectivity index (χ2v) is 3.74. The molecule has 0 radical (unpaired) electrons. The van der Waals surface area contributed by atoms with Gasteiger partial charge in [0, 0.05) is 0 Å². The topological polar surface area (TPSA) is 52.3 Å². The Labute approximate surface area is 94.2 Å². The molecule has 1 aromatic rings. The smallest absolute Gasteiger partial charge is 0.181 e. The molecule has 0 unspecified atom stereocenters. The van der Waals surface area contributed by atoms with E-state index in [2.05, 4.69) is 0 Å². The maximum Gasteiger partial charge on any atom is 0.181 e. The molecular weight excluding hydrogens is 214 g/mol. The first kappa shape index (κ1) is 12.0. The number of rotatable bonds is 3. The second kappa shape index (κ2) is 4.64. The fourth-order valence-corrected chi connectivity index (χ4v) is 1.81. The van der Waals surface area contributed by atoms with Gasteiger partial charge in [-0.25, -0.2) is 0 Å². The normalized spacial score (nSPS) is 10.2. The number of carbonyl (C=O) groups is 1. The van der Waals surface area contributed by atoms with Crippen LogP contribution in [0, 0.1) is 13.8 Å². The van der Waals surface area contributed by atoms with Crippen LogP contribution in [0.1, 0.15) is 21.5 Å². The molecule has 4 heteroatoms. The van der Waals surface area contributed by atoms with E-state index in [-0.39, 0.29) is 12.3 Å². The molecule has 0 aliphatic rings. The summed E-state index contributed by atoms with van der Waals surface area (Å²) in [6.07, 6.45) is 0. The zero-order valence-corrected chi connectivity index (χ0v) is 9.81. The highest BCUT2D eigenvalue weighted by molar-refractivity contribution is 6.35. The van der Waals surface area contributed by atoms with Crippen LogP contribution in [0.2, 0.25) is 5.02 Å². The number of benzene rings is 1. The Morgan fingerprint density at radius 1 is 1.47 bits per heavy atom. The molecule has 0 aliphatic heterocycles. The molecule has 0 bridgehead atoms. The first-order valence-electron chi connectivity index (χ1n) is 4.59. The number of aryl methyl sites for hydroxylation is 2. The third-order valence-corrected chi connectivity index (χ3v) is 2.74. The number of ketones is 1. The van der Waals surface area contributed by atoms with E-state index < -0.39 is 0 Å².